The number of hydrogen-bond donors (Lipinski definition) is 1. The molecule has 0 aromatic carbocycles. The summed E-state index contributed by atoms with van der Waals surface area (Å²) >= 11 is 1.74. The first kappa shape index (κ1) is 11.4. The van der Waals surface area contributed by atoms with Crippen LogP contribution in [0.15, 0.2) is 11.2 Å². The summed E-state index contributed by atoms with van der Waals surface area (Å²) in [7, 11) is 1.84. The van der Waals surface area contributed by atoms with E-state index < -0.39 is 0 Å². The average molecular weight is 238 g/mol. The fourth-order valence-electron chi connectivity index (χ4n) is 1.90. The van der Waals surface area contributed by atoms with E-state index in [0.717, 1.165) is 30.6 Å². The minimum absolute atomic E-state index is 0.779. The minimum atomic E-state index is 0.779. The molecule has 2 heterocycles. The van der Waals surface area contributed by atoms with Crippen LogP contribution in [0.5, 0.6) is 0 Å². The molecule has 1 N–H and O–H groups in total. The molecular formula is C11H18N4S. The summed E-state index contributed by atoms with van der Waals surface area (Å²) in [6.07, 6.45) is 4.47. The third-order valence-electron chi connectivity index (χ3n) is 2.68. The van der Waals surface area contributed by atoms with Gasteiger partial charge in [-0.05, 0) is 19.8 Å². The van der Waals surface area contributed by atoms with Gasteiger partial charge in [-0.3, -0.25) is 4.99 Å². The number of likely N-dealkylation sites (tertiary alicyclic amines) is 1. The average Bonchev–Trinajstić information content (AvgIpc) is 2.91. The topological polar surface area (TPSA) is 40.5 Å². The van der Waals surface area contributed by atoms with E-state index >= 15 is 0 Å². The van der Waals surface area contributed by atoms with Crippen LogP contribution in [-0.2, 0) is 6.54 Å². The van der Waals surface area contributed by atoms with Crippen LogP contribution in [0.3, 0.4) is 0 Å². The molecule has 88 valence electrons. The predicted molar refractivity (Wildman–Crippen MR) is 67.9 cm³/mol. The standard InChI is InChI=1S/C11H18N4S/c1-9-7-13-10(16-9)8-14-11(12-2)15-5-3-4-6-15/h7H,3-6,8H2,1-2H3,(H,12,14). The minimum Gasteiger partial charge on any atom is -0.350 e. The molecule has 1 aliphatic heterocycles. The first-order valence-electron chi connectivity index (χ1n) is 5.66. The third kappa shape index (κ3) is 2.72. The molecule has 0 atom stereocenters. The van der Waals surface area contributed by atoms with Crippen LogP contribution in [0.1, 0.15) is 22.7 Å². The molecule has 4 nitrogen and oxygen atoms in total. The number of aryl methyl sites for hydroxylation is 1. The largest absolute Gasteiger partial charge is 0.350 e. The molecule has 1 fully saturated rings. The molecule has 0 unspecified atom stereocenters. The number of hydrogen-bond acceptors (Lipinski definition) is 3. The van der Waals surface area contributed by atoms with Crippen molar-refractivity contribution in [1.82, 2.24) is 15.2 Å². The second-order valence-electron chi connectivity index (χ2n) is 3.96. The van der Waals surface area contributed by atoms with E-state index in [1.54, 1.807) is 11.3 Å². The summed E-state index contributed by atoms with van der Waals surface area (Å²) < 4.78 is 0. The second kappa shape index (κ2) is 5.30. The van der Waals surface area contributed by atoms with Crippen LogP contribution in [0.4, 0.5) is 0 Å². The zero-order chi connectivity index (χ0) is 11.4. The van der Waals surface area contributed by atoms with E-state index in [4.69, 9.17) is 0 Å². The van der Waals surface area contributed by atoms with Crippen LogP contribution in [-0.4, -0.2) is 36.0 Å². The van der Waals surface area contributed by atoms with Crippen molar-refractivity contribution in [3.63, 3.8) is 0 Å². The number of guanidine groups is 1. The van der Waals surface area contributed by atoms with Crippen LogP contribution in [0.25, 0.3) is 0 Å². The molecule has 0 bridgehead atoms. The smallest absolute Gasteiger partial charge is 0.193 e. The quantitative estimate of drug-likeness (QED) is 0.629. The Morgan fingerprint density at radius 1 is 1.56 bits per heavy atom. The van der Waals surface area contributed by atoms with Crippen molar-refractivity contribution in [2.45, 2.75) is 26.3 Å². The molecule has 0 saturated carbocycles. The van der Waals surface area contributed by atoms with Crippen molar-refractivity contribution in [3.8, 4) is 0 Å². The highest BCUT2D eigenvalue weighted by molar-refractivity contribution is 7.11. The van der Waals surface area contributed by atoms with E-state index in [2.05, 4.69) is 27.1 Å². The van der Waals surface area contributed by atoms with Crippen molar-refractivity contribution in [2.75, 3.05) is 20.1 Å². The highest BCUT2D eigenvalue weighted by Gasteiger charge is 2.15. The Balaban J connectivity index is 1.88. The Morgan fingerprint density at radius 2 is 2.31 bits per heavy atom. The maximum Gasteiger partial charge on any atom is 0.193 e. The monoisotopic (exact) mass is 238 g/mol. The number of aromatic nitrogens is 1. The maximum absolute atomic E-state index is 4.33. The van der Waals surface area contributed by atoms with Crippen LogP contribution in [0.2, 0.25) is 0 Å². The molecule has 2 rings (SSSR count). The Labute approximate surface area is 100 Å². The normalized spacial score (nSPS) is 16.9. The lowest BCUT2D eigenvalue weighted by Crippen LogP contribution is -2.39. The third-order valence-corrected chi connectivity index (χ3v) is 3.60. The first-order valence-corrected chi connectivity index (χ1v) is 6.48. The van der Waals surface area contributed by atoms with E-state index in [-0.39, 0.29) is 0 Å². The summed E-state index contributed by atoms with van der Waals surface area (Å²) in [5, 5.41) is 4.49. The number of aliphatic imine (C=N–C) groups is 1. The van der Waals surface area contributed by atoms with E-state index in [1.807, 2.05) is 13.2 Å². The molecule has 16 heavy (non-hydrogen) atoms. The molecular weight excluding hydrogens is 220 g/mol. The zero-order valence-electron chi connectivity index (χ0n) is 9.86. The molecule has 1 aromatic rings. The fourth-order valence-corrected chi connectivity index (χ4v) is 2.63. The Hall–Kier alpha value is -1.10. The van der Waals surface area contributed by atoms with Crippen LogP contribution in [0, 0.1) is 6.92 Å². The van der Waals surface area contributed by atoms with E-state index in [0.29, 0.717) is 0 Å². The summed E-state index contributed by atoms with van der Waals surface area (Å²) in [4.78, 5) is 12.2. The van der Waals surface area contributed by atoms with Gasteiger partial charge >= 0.3 is 0 Å². The number of nitrogens with zero attached hydrogens (tertiary/aromatic N) is 3. The highest BCUT2D eigenvalue weighted by Crippen LogP contribution is 2.11. The first-order chi connectivity index (χ1) is 7.79. The maximum atomic E-state index is 4.33. The lowest BCUT2D eigenvalue weighted by Gasteiger charge is -2.20. The van der Waals surface area contributed by atoms with Gasteiger partial charge in [0.15, 0.2) is 5.96 Å². The van der Waals surface area contributed by atoms with Crippen LogP contribution >= 0.6 is 11.3 Å². The van der Waals surface area contributed by atoms with Gasteiger partial charge in [-0.1, -0.05) is 0 Å². The van der Waals surface area contributed by atoms with Crippen LogP contribution < -0.4 is 5.32 Å². The summed E-state index contributed by atoms with van der Waals surface area (Å²) in [6.45, 7) is 5.10. The number of thiazole rings is 1. The molecule has 0 amide bonds. The van der Waals surface area contributed by atoms with Gasteiger partial charge in [-0.25, -0.2) is 4.98 Å². The molecule has 0 radical (unpaired) electrons. The molecule has 0 spiro atoms. The van der Waals surface area contributed by atoms with Gasteiger partial charge in [0.05, 0.1) is 6.54 Å². The zero-order valence-corrected chi connectivity index (χ0v) is 10.7. The Morgan fingerprint density at radius 3 is 2.88 bits per heavy atom. The molecule has 5 heteroatoms. The van der Waals surface area contributed by atoms with Gasteiger partial charge in [-0.15, -0.1) is 11.3 Å². The summed E-state index contributed by atoms with van der Waals surface area (Å²) in [5.74, 6) is 1.00. The molecule has 1 saturated heterocycles. The van der Waals surface area contributed by atoms with Gasteiger partial charge in [0.1, 0.15) is 5.01 Å². The lowest BCUT2D eigenvalue weighted by molar-refractivity contribution is 0.493. The van der Waals surface area contributed by atoms with Gasteiger partial charge in [-0.2, -0.15) is 0 Å². The second-order valence-corrected chi connectivity index (χ2v) is 5.28. The van der Waals surface area contributed by atoms with Crippen molar-refractivity contribution >= 4 is 17.3 Å². The van der Waals surface area contributed by atoms with Gasteiger partial charge in [0.2, 0.25) is 0 Å². The van der Waals surface area contributed by atoms with E-state index in [9.17, 15) is 0 Å². The summed E-state index contributed by atoms with van der Waals surface area (Å²) in [5.41, 5.74) is 0. The predicted octanol–water partition coefficient (Wildman–Crippen LogP) is 1.62. The summed E-state index contributed by atoms with van der Waals surface area (Å²) in [6, 6.07) is 0. The fraction of sp³-hybridized carbons (Fsp3) is 0.636. The number of nitrogens with one attached hydrogen (secondary N) is 1. The Kier molecular flexibility index (Phi) is 3.77. The lowest BCUT2D eigenvalue weighted by atomic mass is 10.4. The Bertz CT molecular complexity index is 366. The molecule has 1 aromatic heterocycles. The highest BCUT2D eigenvalue weighted by atomic mass is 32.1. The van der Waals surface area contributed by atoms with E-state index in [1.165, 1.54) is 17.7 Å². The van der Waals surface area contributed by atoms with Crippen molar-refractivity contribution in [2.24, 2.45) is 4.99 Å². The van der Waals surface area contributed by atoms with Gasteiger partial charge in [0.25, 0.3) is 0 Å². The SMILES string of the molecule is CN=C(NCc1ncc(C)s1)N1CCCC1. The number of rotatable bonds is 2. The molecule has 1 aliphatic rings. The van der Waals surface area contributed by atoms with Crippen molar-refractivity contribution in [3.05, 3.63) is 16.1 Å². The van der Waals surface area contributed by atoms with Gasteiger partial charge in [0, 0.05) is 31.2 Å². The van der Waals surface area contributed by atoms with Gasteiger partial charge < -0.3 is 10.2 Å². The van der Waals surface area contributed by atoms with Crippen molar-refractivity contribution in [1.29, 1.82) is 0 Å². The molecule has 0 aliphatic carbocycles. The van der Waals surface area contributed by atoms with Crippen molar-refractivity contribution < 1.29 is 0 Å².